The lowest BCUT2D eigenvalue weighted by molar-refractivity contribution is -0.142. The van der Waals surface area contributed by atoms with Gasteiger partial charge in [-0.1, -0.05) is 12.8 Å². The van der Waals surface area contributed by atoms with Crippen molar-refractivity contribution in [2.45, 2.75) is 56.7 Å². The minimum Gasteiger partial charge on any atom is -0.497 e. The third kappa shape index (κ3) is 4.85. The van der Waals surface area contributed by atoms with E-state index in [2.05, 4.69) is 14.5 Å². The second kappa shape index (κ2) is 10.3. The van der Waals surface area contributed by atoms with Crippen LogP contribution in [0.2, 0.25) is 0 Å². The van der Waals surface area contributed by atoms with E-state index in [9.17, 15) is 14.7 Å². The maximum atomic E-state index is 13.5. The van der Waals surface area contributed by atoms with Gasteiger partial charge < -0.3 is 23.9 Å². The van der Waals surface area contributed by atoms with Gasteiger partial charge in [-0.05, 0) is 56.0 Å². The van der Waals surface area contributed by atoms with E-state index in [1.165, 1.54) is 10.9 Å². The predicted octanol–water partition coefficient (Wildman–Crippen LogP) is 3.18. The molecule has 1 aliphatic carbocycles. The number of piperidine rings is 1. The molecule has 10 nitrogen and oxygen atoms in total. The summed E-state index contributed by atoms with van der Waals surface area (Å²) in [6, 6.07) is 9.44. The summed E-state index contributed by atoms with van der Waals surface area (Å²) < 4.78 is 10.7. The monoisotopic (exact) mass is 530 g/mol. The molecule has 0 bridgehead atoms. The summed E-state index contributed by atoms with van der Waals surface area (Å²) in [6.45, 7) is 1.09. The van der Waals surface area contributed by atoms with E-state index in [0.717, 1.165) is 37.1 Å². The van der Waals surface area contributed by atoms with E-state index in [1.807, 2.05) is 46.1 Å². The lowest BCUT2D eigenvalue weighted by Crippen LogP contribution is -2.51. The number of hydrogen-bond donors (Lipinski definition) is 1. The number of aromatic nitrogens is 5. The van der Waals surface area contributed by atoms with Gasteiger partial charge in [-0.2, -0.15) is 0 Å². The highest BCUT2D eigenvalue weighted by molar-refractivity contribution is 5.79. The average molecular weight is 531 g/mol. The van der Waals surface area contributed by atoms with Crippen molar-refractivity contribution in [3.63, 3.8) is 0 Å². The fraction of sp³-hybridized carbons (Fsp3) is 0.448. The molecule has 39 heavy (non-hydrogen) atoms. The molecule has 4 heterocycles. The van der Waals surface area contributed by atoms with Crippen LogP contribution in [0.25, 0.3) is 16.7 Å². The minimum atomic E-state index is -1.08. The van der Waals surface area contributed by atoms with Crippen molar-refractivity contribution in [1.82, 2.24) is 28.6 Å². The summed E-state index contributed by atoms with van der Waals surface area (Å²) in [4.78, 5) is 37.5. The highest BCUT2D eigenvalue weighted by Crippen LogP contribution is 2.36. The van der Waals surface area contributed by atoms with Gasteiger partial charge in [0.15, 0.2) is 5.65 Å². The van der Waals surface area contributed by atoms with E-state index in [4.69, 9.17) is 4.74 Å². The predicted molar refractivity (Wildman–Crippen MR) is 146 cm³/mol. The Morgan fingerprint density at radius 3 is 2.56 bits per heavy atom. The number of rotatable bonds is 6. The van der Waals surface area contributed by atoms with Crippen LogP contribution in [0.3, 0.4) is 0 Å². The zero-order chi connectivity index (χ0) is 27.0. The molecule has 0 unspecified atom stereocenters. The van der Waals surface area contributed by atoms with Crippen LogP contribution in [0.15, 0.2) is 66.4 Å². The van der Waals surface area contributed by atoms with Crippen molar-refractivity contribution in [2.24, 2.45) is 5.92 Å². The van der Waals surface area contributed by atoms with Gasteiger partial charge >= 0.3 is 0 Å². The molecular weight excluding hydrogens is 496 g/mol. The summed E-state index contributed by atoms with van der Waals surface area (Å²) >= 11 is 0. The summed E-state index contributed by atoms with van der Waals surface area (Å²) in [6.07, 6.45) is 13.7. The molecule has 0 radical (unpaired) electrons. The number of methoxy groups -OCH3 is 1. The quantitative estimate of drug-likeness (QED) is 0.410. The molecule has 2 aliphatic rings. The van der Waals surface area contributed by atoms with Crippen LogP contribution in [0, 0.1) is 5.92 Å². The Balaban J connectivity index is 1.14. The summed E-state index contributed by atoms with van der Waals surface area (Å²) in [7, 11) is 1.62. The van der Waals surface area contributed by atoms with Crippen molar-refractivity contribution in [1.29, 1.82) is 0 Å². The van der Waals surface area contributed by atoms with E-state index < -0.39 is 5.60 Å². The summed E-state index contributed by atoms with van der Waals surface area (Å²) in [5, 5.41) is 11.9. The zero-order valence-corrected chi connectivity index (χ0v) is 22.1. The number of amides is 1. The van der Waals surface area contributed by atoms with Crippen molar-refractivity contribution in [3.8, 4) is 11.4 Å². The van der Waals surface area contributed by atoms with Gasteiger partial charge in [-0.25, -0.2) is 9.97 Å². The molecule has 10 heteroatoms. The number of imidazole rings is 1. The van der Waals surface area contributed by atoms with Crippen LogP contribution in [0.4, 0.5) is 0 Å². The maximum Gasteiger partial charge on any atom is 0.262 e. The molecule has 1 aliphatic heterocycles. The number of carbonyl (C=O) groups excluding carboxylic acids is 1. The van der Waals surface area contributed by atoms with Crippen molar-refractivity contribution in [2.75, 3.05) is 20.2 Å². The fourth-order valence-corrected chi connectivity index (χ4v) is 6.19. The molecule has 1 amide bonds. The summed E-state index contributed by atoms with van der Waals surface area (Å²) in [5.74, 6) is 0.849. The van der Waals surface area contributed by atoms with Crippen LogP contribution in [-0.2, 0) is 11.3 Å². The van der Waals surface area contributed by atoms with Gasteiger partial charge in [0.25, 0.3) is 5.56 Å². The van der Waals surface area contributed by atoms with Crippen LogP contribution < -0.4 is 10.3 Å². The molecule has 1 saturated heterocycles. The van der Waals surface area contributed by atoms with Gasteiger partial charge in [0.2, 0.25) is 5.91 Å². The van der Waals surface area contributed by atoms with E-state index in [1.54, 1.807) is 25.7 Å². The van der Waals surface area contributed by atoms with Crippen LogP contribution >= 0.6 is 0 Å². The van der Waals surface area contributed by atoms with Gasteiger partial charge in [0.1, 0.15) is 12.1 Å². The molecule has 0 spiro atoms. The first-order valence-corrected chi connectivity index (χ1v) is 13.7. The Bertz CT molecular complexity index is 1500. The second-order valence-corrected chi connectivity index (χ2v) is 10.8. The van der Waals surface area contributed by atoms with Gasteiger partial charge in [0, 0.05) is 43.4 Å². The standard InChI is InChI=1S/C29H34N6O4/c1-39-22-8-6-21(7-9-22)35-14-10-24-26(35)31-20-34(28(24)37)18-29(38)11-15-32(16-12-29)27(36)23-4-2-3-5-25(23)33-17-13-30-19-33/h6-10,13-14,17,19-20,23,25,38H,2-5,11-12,15-16,18H2,1H3/t23-,25-/m0/s1. The minimum absolute atomic E-state index is 0.0666. The number of likely N-dealkylation sites (tertiary alicyclic amines) is 1. The normalized spacial score (nSPS) is 21.2. The molecular formula is C29H34N6O4. The van der Waals surface area contributed by atoms with Crippen molar-refractivity contribution < 1.29 is 14.6 Å². The van der Waals surface area contributed by atoms with Crippen molar-refractivity contribution >= 4 is 16.9 Å². The summed E-state index contributed by atoms with van der Waals surface area (Å²) in [5.41, 5.74) is 0.169. The topological polar surface area (TPSA) is 107 Å². The SMILES string of the molecule is COc1ccc(-n2ccc3c(=O)n(CC4(O)CCN(C(=O)[C@H]5CCCC[C@@H]5n5ccnc5)CC4)cnc32)cc1. The first-order chi connectivity index (χ1) is 19.0. The van der Waals surface area contributed by atoms with Gasteiger partial charge in [-0.15, -0.1) is 0 Å². The third-order valence-corrected chi connectivity index (χ3v) is 8.45. The van der Waals surface area contributed by atoms with Crippen LogP contribution in [0.5, 0.6) is 5.75 Å². The van der Waals surface area contributed by atoms with Gasteiger partial charge in [-0.3, -0.25) is 14.2 Å². The number of aliphatic hydroxyl groups is 1. The fourth-order valence-electron chi connectivity index (χ4n) is 6.19. The number of nitrogens with zero attached hydrogens (tertiary/aromatic N) is 6. The van der Waals surface area contributed by atoms with Crippen molar-refractivity contribution in [3.05, 3.63) is 71.9 Å². The lowest BCUT2D eigenvalue weighted by Gasteiger charge is -2.41. The molecule has 4 aromatic rings. The Morgan fingerprint density at radius 2 is 1.85 bits per heavy atom. The van der Waals surface area contributed by atoms with Crippen LogP contribution in [-0.4, -0.2) is 65.4 Å². The maximum absolute atomic E-state index is 13.5. The second-order valence-electron chi connectivity index (χ2n) is 10.8. The number of benzene rings is 1. The Kier molecular flexibility index (Phi) is 6.72. The van der Waals surface area contributed by atoms with E-state index >= 15 is 0 Å². The van der Waals surface area contributed by atoms with E-state index in [0.29, 0.717) is 37.0 Å². The molecule has 1 N–H and O–H groups in total. The molecule has 3 aromatic heterocycles. The number of hydrogen-bond acceptors (Lipinski definition) is 6. The first-order valence-electron chi connectivity index (χ1n) is 13.7. The Labute approximate surface area is 226 Å². The molecule has 1 saturated carbocycles. The largest absolute Gasteiger partial charge is 0.497 e. The highest BCUT2D eigenvalue weighted by atomic mass is 16.5. The van der Waals surface area contributed by atoms with Gasteiger partial charge in [0.05, 0.1) is 36.9 Å². The average Bonchev–Trinajstić information content (AvgIpc) is 3.66. The molecule has 2 atom stereocenters. The smallest absolute Gasteiger partial charge is 0.262 e. The zero-order valence-electron chi connectivity index (χ0n) is 22.1. The lowest BCUT2D eigenvalue weighted by atomic mass is 9.82. The Hall–Kier alpha value is -3.92. The Morgan fingerprint density at radius 1 is 1.08 bits per heavy atom. The molecule has 6 rings (SSSR count). The molecule has 1 aromatic carbocycles. The van der Waals surface area contributed by atoms with Crippen LogP contribution in [0.1, 0.15) is 44.6 Å². The highest BCUT2D eigenvalue weighted by Gasteiger charge is 2.39. The number of carbonyl (C=O) groups is 1. The van der Waals surface area contributed by atoms with E-state index in [-0.39, 0.29) is 30.0 Å². The number of fused-ring (bicyclic) bond motifs is 1. The first kappa shape index (κ1) is 25.4. The number of ether oxygens (including phenoxy) is 1. The molecule has 2 fully saturated rings. The third-order valence-electron chi connectivity index (χ3n) is 8.45. The molecule has 204 valence electrons.